The van der Waals surface area contributed by atoms with Crippen molar-refractivity contribution in [1.82, 2.24) is 0 Å². The Labute approximate surface area is 81.6 Å². The van der Waals surface area contributed by atoms with Gasteiger partial charge in [0.2, 0.25) is 0 Å². The summed E-state index contributed by atoms with van der Waals surface area (Å²) in [5, 5.41) is 8.72. The Morgan fingerprint density at radius 2 is 2.21 bits per heavy atom. The lowest BCUT2D eigenvalue weighted by Crippen LogP contribution is -2.15. The monoisotopic (exact) mass is 220 g/mol. The van der Waals surface area contributed by atoms with E-state index in [0.29, 0.717) is 24.8 Å². The van der Waals surface area contributed by atoms with Crippen molar-refractivity contribution in [3.05, 3.63) is 11.6 Å². The van der Waals surface area contributed by atoms with Crippen molar-refractivity contribution in [2.45, 2.75) is 19.3 Å². The van der Waals surface area contributed by atoms with E-state index >= 15 is 0 Å². The topological polar surface area (TPSA) is 94.8 Å². The van der Waals surface area contributed by atoms with Gasteiger partial charge in [0.25, 0.3) is 0 Å². The first-order chi connectivity index (χ1) is 6.38. The zero-order chi connectivity index (χ0) is 10.8. The Kier molecular flexibility index (Phi) is 3.48. The third-order valence-electron chi connectivity index (χ3n) is 2.18. The Balaban J connectivity index is 2.70. The number of rotatable bonds is 3. The molecular formula is C8H13O5P. The molecule has 80 valence electrons. The van der Waals surface area contributed by atoms with E-state index in [1.54, 1.807) is 0 Å². The zero-order valence-electron chi connectivity index (χ0n) is 7.59. The standard InChI is InChI=1S/C8H13O5P/c9-8(10)7-3-1-2-6(4-7)5-14(11,12)13/h4,7H,1-3,5H2,(H,9,10)(H2,11,12,13). The Morgan fingerprint density at radius 1 is 1.57 bits per heavy atom. The summed E-state index contributed by atoms with van der Waals surface area (Å²) in [6.07, 6.45) is 3.00. The lowest BCUT2D eigenvalue weighted by Gasteiger charge is -2.18. The number of carbonyl (C=O) groups is 1. The lowest BCUT2D eigenvalue weighted by atomic mass is 9.91. The second-order valence-electron chi connectivity index (χ2n) is 3.48. The van der Waals surface area contributed by atoms with Crippen molar-refractivity contribution in [1.29, 1.82) is 0 Å². The molecule has 0 heterocycles. The second kappa shape index (κ2) is 4.26. The molecule has 0 saturated carbocycles. The Bertz CT molecular complexity index is 303. The van der Waals surface area contributed by atoms with Gasteiger partial charge in [-0.3, -0.25) is 9.36 Å². The molecule has 1 aliphatic rings. The summed E-state index contributed by atoms with van der Waals surface area (Å²) in [6.45, 7) is 0. The summed E-state index contributed by atoms with van der Waals surface area (Å²) in [5.41, 5.74) is 0.567. The van der Waals surface area contributed by atoms with E-state index in [-0.39, 0.29) is 6.16 Å². The molecule has 0 aromatic rings. The van der Waals surface area contributed by atoms with Gasteiger partial charge < -0.3 is 14.9 Å². The molecule has 0 spiro atoms. The first-order valence-corrected chi connectivity index (χ1v) is 6.15. The van der Waals surface area contributed by atoms with Gasteiger partial charge in [-0.05, 0) is 19.3 Å². The molecule has 1 aliphatic carbocycles. The Morgan fingerprint density at radius 3 is 2.71 bits per heavy atom. The number of carboxylic acid groups (broad SMARTS) is 1. The number of hydrogen-bond donors (Lipinski definition) is 3. The Hall–Kier alpha value is -0.640. The average molecular weight is 220 g/mol. The molecule has 0 bridgehead atoms. The van der Waals surface area contributed by atoms with Gasteiger partial charge in [-0.15, -0.1) is 0 Å². The lowest BCUT2D eigenvalue weighted by molar-refractivity contribution is -0.140. The summed E-state index contributed by atoms with van der Waals surface area (Å²) in [6, 6.07) is 0. The fourth-order valence-corrected chi connectivity index (χ4v) is 2.38. The highest BCUT2D eigenvalue weighted by molar-refractivity contribution is 7.52. The normalized spacial score (nSPS) is 23.0. The van der Waals surface area contributed by atoms with Gasteiger partial charge in [-0.1, -0.05) is 11.6 Å². The van der Waals surface area contributed by atoms with Crippen LogP contribution < -0.4 is 0 Å². The molecule has 0 fully saturated rings. The summed E-state index contributed by atoms with van der Waals surface area (Å²) in [7, 11) is -4.05. The van der Waals surface area contributed by atoms with Gasteiger partial charge in [0.05, 0.1) is 12.1 Å². The number of aliphatic carboxylic acids is 1. The van der Waals surface area contributed by atoms with Gasteiger partial charge in [-0.2, -0.15) is 0 Å². The summed E-state index contributed by atoms with van der Waals surface area (Å²) >= 11 is 0. The van der Waals surface area contributed by atoms with Crippen LogP contribution in [0, 0.1) is 5.92 Å². The fourth-order valence-electron chi connectivity index (χ4n) is 1.59. The van der Waals surface area contributed by atoms with Crippen molar-refractivity contribution in [2.75, 3.05) is 6.16 Å². The number of carboxylic acids is 1. The highest BCUT2D eigenvalue weighted by atomic mass is 31.2. The van der Waals surface area contributed by atoms with Crippen LogP contribution in [0.3, 0.4) is 0 Å². The van der Waals surface area contributed by atoms with Crippen molar-refractivity contribution >= 4 is 13.6 Å². The molecule has 0 aliphatic heterocycles. The maximum Gasteiger partial charge on any atom is 0.329 e. The van der Waals surface area contributed by atoms with Crippen molar-refractivity contribution < 1.29 is 24.3 Å². The van der Waals surface area contributed by atoms with Crippen LogP contribution in [-0.2, 0) is 9.36 Å². The van der Waals surface area contributed by atoms with Crippen LogP contribution in [0.25, 0.3) is 0 Å². The highest BCUT2D eigenvalue weighted by Crippen LogP contribution is 2.39. The van der Waals surface area contributed by atoms with Crippen LogP contribution in [0.1, 0.15) is 19.3 Å². The van der Waals surface area contributed by atoms with Gasteiger partial charge in [0.15, 0.2) is 0 Å². The average Bonchev–Trinajstić information content (AvgIpc) is 2.01. The molecule has 6 heteroatoms. The minimum Gasteiger partial charge on any atom is -0.481 e. The fraction of sp³-hybridized carbons (Fsp3) is 0.625. The number of allylic oxidation sites excluding steroid dienone is 1. The quantitative estimate of drug-likeness (QED) is 0.486. The summed E-state index contributed by atoms with van der Waals surface area (Å²) < 4.78 is 10.7. The van der Waals surface area contributed by atoms with Gasteiger partial charge in [0.1, 0.15) is 0 Å². The summed E-state index contributed by atoms with van der Waals surface area (Å²) in [5.74, 6) is -1.50. The molecule has 1 unspecified atom stereocenters. The van der Waals surface area contributed by atoms with Crippen molar-refractivity contribution in [2.24, 2.45) is 5.92 Å². The van der Waals surface area contributed by atoms with Crippen LogP contribution in [0.15, 0.2) is 11.6 Å². The molecule has 0 radical (unpaired) electrons. The zero-order valence-corrected chi connectivity index (χ0v) is 8.48. The van der Waals surface area contributed by atoms with Crippen LogP contribution in [0.2, 0.25) is 0 Å². The largest absolute Gasteiger partial charge is 0.481 e. The van der Waals surface area contributed by atoms with Crippen molar-refractivity contribution in [3.8, 4) is 0 Å². The van der Waals surface area contributed by atoms with E-state index in [0.717, 1.165) is 0 Å². The predicted molar refractivity (Wildman–Crippen MR) is 50.0 cm³/mol. The van der Waals surface area contributed by atoms with E-state index in [1.807, 2.05) is 0 Å². The number of hydrogen-bond acceptors (Lipinski definition) is 2. The SMILES string of the molecule is O=C(O)C1C=C(CP(=O)(O)O)CCC1. The minimum absolute atomic E-state index is 0.309. The molecule has 0 aromatic carbocycles. The third kappa shape index (κ3) is 3.62. The minimum atomic E-state index is -4.05. The van der Waals surface area contributed by atoms with Gasteiger partial charge in [0, 0.05) is 0 Å². The maximum atomic E-state index is 10.7. The van der Waals surface area contributed by atoms with E-state index < -0.39 is 19.5 Å². The molecule has 0 amide bonds. The summed E-state index contributed by atoms with van der Waals surface area (Å²) in [4.78, 5) is 28.1. The van der Waals surface area contributed by atoms with E-state index in [2.05, 4.69) is 0 Å². The predicted octanol–water partition coefficient (Wildman–Crippen LogP) is 0.975. The smallest absolute Gasteiger partial charge is 0.329 e. The third-order valence-corrected chi connectivity index (χ3v) is 2.99. The first kappa shape index (κ1) is 11.4. The van der Waals surface area contributed by atoms with Crippen LogP contribution >= 0.6 is 7.60 Å². The highest BCUT2D eigenvalue weighted by Gasteiger charge is 2.23. The van der Waals surface area contributed by atoms with E-state index in [9.17, 15) is 9.36 Å². The van der Waals surface area contributed by atoms with Gasteiger partial charge >= 0.3 is 13.6 Å². The molecule has 0 saturated heterocycles. The van der Waals surface area contributed by atoms with Crippen LogP contribution in [0.5, 0.6) is 0 Å². The van der Waals surface area contributed by atoms with E-state index in [4.69, 9.17) is 14.9 Å². The van der Waals surface area contributed by atoms with Crippen LogP contribution in [0.4, 0.5) is 0 Å². The van der Waals surface area contributed by atoms with Gasteiger partial charge in [-0.25, -0.2) is 0 Å². The first-order valence-electron chi connectivity index (χ1n) is 4.35. The molecule has 3 N–H and O–H groups in total. The molecular weight excluding hydrogens is 207 g/mol. The molecule has 5 nitrogen and oxygen atoms in total. The van der Waals surface area contributed by atoms with Crippen LogP contribution in [-0.4, -0.2) is 27.0 Å². The molecule has 1 atom stereocenters. The van der Waals surface area contributed by atoms with Crippen molar-refractivity contribution in [3.63, 3.8) is 0 Å². The molecule has 14 heavy (non-hydrogen) atoms. The maximum absolute atomic E-state index is 10.7. The molecule has 1 rings (SSSR count). The molecule has 0 aromatic heterocycles. The van der Waals surface area contributed by atoms with E-state index in [1.165, 1.54) is 6.08 Å². The second-order valence-corrected chi connectivity index (χ2v) is 5.13.